The lowest BCUT2D eigenvalue weighted by Crippen LogP contribution is -2.23. The number of hydrogen-bond acceptors (Lipinski definition) is 4. The van der Waals surface area contributed by atoms with Crippen LogP contribution in [0, 0.1) is 0 Å². The largest absolute Gasteiger partial charge is 0.545 e. The van der Waals surface area contributed by atoms with Crippen LogP contribution in [0.5, 0.6) is 0 Å². The molecule has 18 heavy (non-hydrogen) atoms. The topological polar surface area (TPSA) is 69.2 Å². The minimum absolute atomic E-state index is 0.375. The van der Waals surface area contributed by atoms with Gasteiger partial charge in [-0.1, -0.05) is 18.2 Å². The predicted octanol–water partition coefficient (Wildman–Crippen LogP) is 0.824. The monoisotopic (exact) mass is 260 g/mol. The zero-order chi connectivity index (χ0) is 13.0. The van der Waals surface area contributed by atoms with E-state index in [9.17, 15) is 14.7 Å². The molecule has 2 rings (SSSR count). The van der Waals surface area contributed by atoms with Crippen molar-refractivity contribution in [2.45, 2.75) is 6.54 Å². The molecular weight excluding hydrogens is 250 g/mol. The highest BCUT2D eigenvalue weighted by Crippen LogP contribution is 2.25. The van der Waals surface area contributed by atoms with Gasteiger partial charge < -0.3 is 15.2 Å². The van der Waals surface area contributed by atoms with Gasteiger partial charge in [0.05, 0.1) is 5.97 Å². The summed E-state index contributed by atoms with van der Waals surface area (Å²) < 4.78 is 1.16. The van der Waals surface area contributed by atoms with Crippen LogP contribution in [0.1, 0.15) is 5.56 Å². The number of carboxylic acid groups (broad SMARTS) is 1. The van der Waals surface area contributed by atoms with Crippen molar-refractivity contribution < 1.29 is 14.7 Å². The fraction of sp³-hybridized carbons (Fsp3) is 0.0769. The van der Waals surface area contributed by atoms with Crippen LogP contribution < -0.4 is 10.4 Å². The van der Waals surface area contributed by atoms with Crippen LogP contribution in [0.15, 0.2) is 41.8 Å². The maximum absolute atomic E-state index is 11.3. The first-order valence-corrected chi connectivity index (χ1v) is 6.17. The summed E-state index contributed by atoms with van der Waals surface area (Å²) >= 11 is 1.61. The summed E-state index contributed by atoms with van der Waals surface area (Å²) in [6.07, 6.45) is 1.66. The number of hydrogen-bond donors (Lipinski definition) is 1. The Morgan fingerprint density at radius 1 is 1.28 bits per heavy atom. The molecule has 0 aliphatic carbocycles. The van der Waals surface area contributed by atoms with Crippen LogP contribution in [-0.2, 0) is 16.1 Å². The predicted molar refractivity (Wildman–Crippen MR) is 67.8 cm³/mol. The van der Waals surface area contributed by atoms with E-state index in [0.717, 1.165) is 21.7 Å². The quantitative estimate of drug-likeness (QED) is 0.828. The number of carbonyl (C=O) groups is 2. The molecule has 4 nitrogen and oxygen atoms in total. The standard InChI is InChI=1S/C13H11NO3S/c15-12(5-6-13(16)17)14-7-9-8-18-11-4-2-1-3-10(9)11/h1-6,8H,7H2,(H,14,15)(H,16,17)/p-1/b6-5-. The van der Waals surface area contributed by atoms with Gasteiger partial charge in [-0.3, -0.25) is 4.79 Å². The first-order valence-electron chi connectivity index (χ1n) is 5.29. The van der Waals surface area contributed by atoms with Gasteiger partial charge in [-0.15, -0.1) is 11.3 Å². The van der Waals surface area contributed by atoms with Crippen LogP contribution in [0.4, 0.5) is 0 Å². The van der Waals surface area contributed by atoms with Crippen molar-refractivity contribution in [2.75, 3.05) is 0 Å². The van der Waals surface area contributed by atoms with E-state index in [1.807, 2.05) is 29.6 Å². The van der Waals surface area contributed by atoms with Gasteiger partial charge >= 0.3 is 0 Å². The minimum atomic E-state index is -1.38. The van der Waals surface area contributed by atoms with Gasteiger partial charge in [0.25, 0.3) is 0 Å². The Hall–Kier alpha value is -2.14. The van der Waals surface area contributed by atoms with E-state index in [1.54, 1.807) is 11.3 Å². The molecule has 2 aromatic rings. The lowest BCUT2D eigenvalue weighted by atomic mass is 10.2. The molecule has 0 saturated carbocycles. The van der Waals surface area contributed by atoms with E-state index in [0.29, 0.717) is 12.6 Å². The molecule has 0 bridgehead atoms. The van der Waals surface area contributed by atoms with E-state index in [4.69, 9.17) is 0 Å². The summed E-state index contributed by atoms with van der Waals surface area (Å²) in [5, 5.41) is 15.8. The van der Waals surface area contributed by atoms with Crippen LogP contribution in [0.3, 0.4) is 0 Å². The molecule has 0 aliphatic heterocycles. The Bertz CT molecular complexity index is 615. The summed E-state index contributed by atoms with van der Waals surface area (Å²) in [7, 11) is 0. The van der Waals surface area contributed by atoms with Crippen molar-refractivity contribution in [3.8, 4) is 0 Å². The van der Waals surface area contributed by atoms with Crippen molar-refractivity contribution in [2.24, 2.45) is 0 Å². The van der Waals surface area contributed by atoms with Gasteiger partial charge in [0.2, 0.25) is 5.91 Å². The molecule has 0 saturated heterocycles. The summed E-state index contributed by atoms with van der Waals surface area (Å²) in [5.74, 6) is -1.83. The first-order chi connectivity index (χ1) is 8.66. The Balaban J connectivity index is 2.02. The van der Waals surface area contributed by atoms with Gasteiger partial charge in [0.1, 0.15) is 0 Å². The van der Waals surface area contributed by atoms with E-state index < -0.39 is 11.9 Å². The highest BCUT2D eigenvalue weighted by Gasteiger charge is 2.03. The second-order valence-corrected chi connectivity index (χ2v) is 4.54. The maximum Gasteiger partial charge on any atom is 0.244 e. The zero-order valence-electron chi connectivity index (χ0n) is 9.38. The molecule has 1 aromatic carbocycles. The third-order valence-corrected chi connectivity index (χ3v) is 3.40. The fourth-order valence-corrected chi connectivity index (χ4v) is 2.52. The van der Waals surface area contributed by atoms with Crippen molar-refractivity contribution in [1.29, 1.82) is 0 Å². The van der Waals surface area contributed by atoms with Gasteiger partial charge in [0.15, 0.2) is 0 Å². The van der Waals surface area contributed by atoms with Crippen molar-refractivity contribution in [1.82, 2.24) is 5.32 Å². The number of nitrogens with one attached hydrogen (secondary N) is 1. The van der Waals surface area contributed by atoms with Gasteiger partial charge in [-0.25, -0.2) is 0 Å². The van der Waals surface area contributed by atoms with Crippen molar-refractivity contribution in [3.63, 3.8) is 0 Å². The van der Waals surface area contributed by atoms with E-state index in [-0.39, 0.29) is 0 Å². The summed E-state index contributed by atoms with van der Waals surface area (Å²) in [4.78, 5) is 21.4. The minimum Gasteiger partial charge on any atom is -0.545 e. The number of carbonyl (C=O) groups excluding carboxylic acids is 2. The fourth-order valence-electron chi connectivity index (χ4n) is 1.55. The van der Waals surface area contributed by atoms with E-state index >= 15 is 0 Å². The smallest absolute Gasteiger partial charge is 0.244 e. The Labute approximate surface area is 108 Å². The second-order valence-electron chi connectivity index (χ2n) is 3.63. The molecule has 0 radical (unpaired) electrons. The molecule has 92 valence electrons. The number of benzene rings is 1. The normalized spacial score (nSPS) is 10.9. The average Bonchev–Trinajstić information content (AvgIpc) is 2.77. The Morgan fingerprint density at radius 3 is 2.83 bits per heavy atom. The van der Waals surface area contributed by atoms with Gasteiger partial charge in [-0.2, -0.15) is 0 Å². The number of aliphatic carboxylic acids is 1. The van der Waals surface area contributed by atoms with Crippen LogP contribution in [0.2, 0.25) is 0 Å². The average molecular weight is 260 g/mol. The lowest BCUT2D eigenvalue weighted by Gasteiger charge is -2.01. The Morgan fingerprint density at radius 2 is 2.06 bits per heavy atom. The maximum atomic E-state index is 11.3. The molecule has 1 N–H and O–H groups in total. The summed E-state index contributed by atoms with van der Waals surface area (Å²) in [5.41, 5.74) is 1.02. The highest BCUT2D eigenvalue weighted by molar-refractivity contribution is 7.17. The zero-order valence-corrected chi connectivity index (χ0v) is 10.2. The molecule has 1 amide bonds. The van der Waals surface area contributed by atoms with Gasteiger partial charge in [0, 0.05) is 17.3 Å². The number of carboxylic acids is 1. The molecule has 0 unspecified atom stereocenters. The van der Waals surface area contributed by atoms with Crippen LogP contribution >= 0.6 is 11.3 Å². The molecule has 0 aliphatic rings. The third kappa shape index (κ3) is 2.95. The molecular formula is C13H10NO3S-. The molecule has 0 spiro atoms. The van der Waals surface area contributed by atoms with E-state index in [1.165, 1.54) is 0 Å². The van der Waals surface area contributed by atoms with Gasteiger partial charge in [-0.05, 0) is 28.5 Å². The molecule has 1 aromatic heterocycles. The number of fused-ring (bicyclic) bond motifs is 1. The van der Waals surface area contributed by atoms with E-state index in [2.05, 4.69) is 5.32 Å². The third-order valence-electron chi connectivity index (χ3n) is 2.39. The first kappa shape index (κ1) is 12.3. The molecule has 0 fully saturated rings. The van der Waals surface area contributed by atoms with Crippen LogP contribution in [0.25, 0.3) is 10.1 Å². The second kappa shape index (κ2) is 5.46. The van der Waals surface area contributed by atoms with Crippen molar-refractivity contribution in [3.05, 3.63) is 47.4 Å². The number of amides is 1. The van der Waals surface area contributed by atoms with Crippen LogP contribution in [-0.4, -0.2) is 11.9 Å². The number of thiophene rings is 1. The Kier molecular flexibility index (Phi) is 3.74. The summed E-state index contributed by atoms with van der Waals surface area (Å²) in [6.45, 7) is 0.375. The summed E-state index contributed by atoms with van der Waals surface area (Å²) in [6, 6.07) is 7.91. The SMILES string of the molecule is O=C([O-])/C=C\C(=O)NCc1csc2ccccc12. The molecule has 1 heterocycles. The number of rotatable bonds is 4. The van der Waals surface area contributed by atoms with Crippen molar-refractivity contribution >= 4 is 33.3 Å². The molecule has 5 heteroatoms. The lowest BCUT2D eigenvalue weighted by molar-refractivity contribution is -0.297. The molecule has 0 atom stereocenters. The highest BCUT2D eigenvalue weighted by atomic mass is 32.1.